The predicted octanol–water partition coefficient (Wildman–Crippen LogP) is 2.10. The highest BCUT2D eigenvalue weighted by atomic mass is 16.5. The van der Waals surface area contributed by atoms with E-state index in [-0.39, 0.29) is 12.0 Å². The number of carbonyl (C=O) groups is 1. The summed E-state index contributed by atoms with van der Waals surface area (Å²) in [4.78, 5) is 13.7. The summed E-state index contributed by atoms with van der Waals surface area (Å²) >= 11 is 0. The Balaban J connectivity index is 1.91. The van der Waals surface area contributed by atoms with Crippen LogP contribution in [-0.2, 0) is 16.0 Å². The standard InChI is InChI=1S/C14H17NO2/c1-15-12-7-10(9-3-4-9)5-6-11(12)8-13(15)14(16)17-2/h5-7,9,13H,3-4,8H2,1-2H3. The van der Waals surface area contributed by atoms with Crippen LogP contribution in [0.3, 0.4) is 0 Å². The van der Waals surface area contributed by atoms with E-state index in [4.69, 9.17) is 4.74 Å². The monoisotopic (exact) mass is 231 g/mol. The molecule has 0 spiro atoms. The number of fused-ring (bicyclic) bond motifs is 1. The van der Waals surface area contributed by atoms with Crippen LogP contribution >= 0.6 is 0 Å². The summed E-state index contributed by atoms with van der Waals surface area (Å²) in [5.74, 6) is 0.613. The molecular weight excluding hydrogens is 214 g/mol. The van der Waals surface area contributed by atoms with Crippen molar-refractivity contribution in [2.75, 3.05) is 19.1 Å². The maximum atomic E-state index is 11.7. The van der Waals surface area contributed by atoms with Crippen molar-refractivity contribution in [2.24, 2.45) is 0 Å². The Morgan fingerprint density at radius 1 is 1.41 bits per heavy atom. The Labute approximate surface area is 101 Å². The average Bonchev–Trinajstić information content (AvgIpc) is 3.14. The molecule has 1 unspecified atom stereocenters. The number of likely N-dealkylation sites (N-methyl/N-ethyl adjacent to an activating group) is 1. The van der Waals surface area contributed by atoms with E-state index in [9.17, 15) is 4.79 Å². The molecule has 0 N–H and O–H groups in total. The lowest BCUT2D eigenvalue weighted by atomic mass is 10.1. The van der Waals surface area contributed by atoms with Gasteiger partial charge >= 0.3 is 5.97 Å². The lowest BCUT2D eigenvalue weighted by molar-refractivity contribution is -0.141. The molecule has 1 aromatic rings. The molecule has 0 saturated heterocycles. The lowest BCUT2D eigenvalue weighted by Crippen LogP contribution is -2.36. The SMILES string of the molecule is COC(=O)C1Cc2ccc(C3CC3)cc2N1C. The third kappa shape index (κ3) is 1.70. The van der Waals surface area contributed by atoms with E-state index < -0.39 is 0 Å². The summed E-state index contributed by atoms with van der Waals surface area (Å²) in [6, 6.07) is 6.48. The third-order valence-electron chi connectivity index (χ3n) is 3.89. The Hall–Kier alpha value is -1.51. The molecule has 90 valence electrons. The van der Waals surface area contributed by atoms with Gasteiger partial charge in [-0.25, -0.2) is 4.79 Å². The van der Waals surface area contributed by atoms with Gasteiger partial charge in [-0.05, 0) is 36.0 Å². The first-order valence-corrected chi connectivity index (χ1v) is 6.14. The van der Waals surface area contributed by atoms with Crippen molar-refractivity contribution in [2.45, 2.75) is 31.2 Å². The number of rotatable bonds is 2. The van der Waals surface area contributed by atoms with Crippen molar-refractivity contribution in [3.8, 4) is 0 Å². The molecule has 17 heavy (non-hydrogen) atoms. The maximum absolute atomic E-state index is 11.7. The number of methoxy groups -OCH3 is 1. The minimum absolute atomic E-state index is 0.142. The summed E-state index contributed by atoms with van der Waals surface area (Å²) < 4.78 is 4.85. The fourth-order valence-electron chi connectivity index (χ4n) is 2.64. The van der Waals surface area contributed by atoms with Gasteiger partial charge in [0.2, 0.25) is 0 Å². The van der Waals surface area contributed by atoms with Gasteiger partial charge in [-0.1, -0.05) is 12.1 Å². The second kappa shape index (κ2) is 3.76. The second-order valence-electron chi connectivity index (χ2n) is 5.02. The molecule has 0 bridgehead atoms. The van der Waals surface area contributed by atoms with Gasteiger partial charge in [0.1, 0.15) is 6.04 Å². The van der Waals surface area contributed by atoms with E-state index >= 15 is 0 Å². The van der Waals surface area contributed by atoms with E-state index in [1.807, 2.05) is 11.9 Å². The first-order valence-electron chi connectivity index (χ1n) is 6.14. The minimum atomic E-state index is -0.149. The second-order valence-corrected chi connectivity index (χ2v) is 5.02. The van der Waals surface area contributed by atoms with Crippen LogP contribution < -0.4 is 4.90 Å². The van der Waals surface area contributed by atoms with E-state index in [0.29, 0.717) is 0 Å². The number of anilines is 1. The van der Waals surface area contributed by atoms with Gasteiger partial charge in [0.15, 0.2) is 0 Å². The van der Waals surface area contributed by atoms with Crippen LogP contribution in [0.25, 0.3) is 0 Å². The molecule has 1 aliphatic carbocycles. The van der Waals surface area contributed by atoms with Crippen LogP contribution in [0.4, 0.5) is 5.69 Å². The van der Waals surface area contributed by atoms with Crippen molar-refractivity contribution in [3.05, 3.63) is 29.3 Å². The molecular formula is C14H17NO2. The molecule has 1 atom stereocenters. The normalized spacial score (nSPS) is 22.5. The zero-order chi connectivity index (χ0) is 12.0. The van der Waals surface area contributed by atoms with Crippen molar-refractivity contribution in [1.82, 2.24) is 0 Å². The summed E-state index contributed by atoms with van der Waals surface area (Å²) in [7, 11) is 3.43. The molecule has 3 nitrogen and oxygen atoms in total. The number of carbonyl (C=O) groups excluding carboxylic acids is 1. The highest BCUT2D eigenvalue weighted by Crippen LogP contribution is 2.43. The van der Waals surface area contributed by atoms with E-state index in [1.54, 1.807) is 0 Å². The first kappa shape index (κ1) is 10.6. The summed E-state index contributed by atoms with van der Waals surface area (Å²) in [5, 5.41) is 0. The number of benzene rings is 1. The van der Waals surface area contributed by atoms with E-state index in [1.165, 1.54) is 36.8 Å². The van der Waals surface area contributed by atoms with Crippen LogP contribution in [0, 0.1) is 0 Å². The zero-order valence-corrected chi connectivity index (χ0v) is 10.3. The highest BCUT2D eigenvalue weighted by Gasteiger charge is 2.34. The van der Waals surface area contributed by atoms with Gasteiger partial charge in [0, 0.05) is 19.2 Å². The number of hydrogen-bond acceptors (Lipinski definition) is 3. The van der Waals surface area contributed by atoms with E-state index in [0.717, 1.165) is 12.3 Å². The highest BCUT2D eigenvalue weighted by molar-refractivity contribution is 5.83. The van der Waals surface area contributed by atoms with Crippen LogP contribution in [0.1, 0.15) is 29.9 Å². The molecule has 1 aliphatic heterocycles. The number of ether oxygens (including phenoxy) is 1. The average molecular weight is 231 g/mol. The Morgan fingerprint density at radius 3 is 2.82 bits per heavy atom. The van der Waals surface area contributed by atoms with Gasteiger partial charge in [0.05, 0.1) is 7.11 Å². The summed E-state index contributed by atoms with van der Waals surface area (Å²) in [6.45, 7) is 0. The molecule has 0 aromatic heterocycles. The minimum Gasteiger partial charge on any atom is -0.467 e. The molecule has 2 aliphatic rings. The summed E-state index contributed by atoms with van der Waals surface area (Å²) in [5.41, 5.74) is 3.87. The van der Waals surface area contributed by atoms with Gasteiger partial charge in [0.25, 0.3) is 0 Å². The van der Waals surface area contributed by atoms with Gasteiger partial charge in [-0.3, -0.25) is 0 Å². The van der Waals surface area contributed by atoms with Crippen molar-refractivity contribution in [1.29, 1.82) is 0 Å². The Kier molecular flexibility index (Phi) is 2.35. The fraction of sp³-hybridized carbons (Fsp3) is 0.500. The molecule has 3 rings (SSSR count). The van der Waals surface area contributed by atoms with Crippen LogP contribution in [0.5, 0.6) is 0 Å². The first-order chi connectivity index (χ1) is 8.20. The lowest BCUT2D eigenvalue weighted by Gasteiger charge is -2.20. The number of esters is 1. The summed E-state index contributed by atoms with van der Waals surface area (Å²) in [6.07, 6.45) is 3.38. The molecule has 1 heterocycles. The smallest absolute Gasteiger partial charge is 0.328 e. The molecule has 1 fully saturated rings. The Bertz CT molecular complexity index is 465. The molecule has 1 saturated carbocycles. The topological polar surface area (TPSA) is 29.5 Å². The maximum Gasteiger partial charge on any atom is 0.328 e. The van der Waals surface area contributed by atoms with Crippen molar-refractivity contribution < 1.29 is 9.53 Å². The fourth-order valence-corrected chi connectivity index (χ4v) is 2.64. The van der Waals surface area contributed by atoms with Crippen molar-refractivity contribution in [3.63, 3.8) is 0 Å². The van der Waals surface area contributed by atoms with Crippen LogP contribution in [0.15, 0.2) is 18.2 Å². The molecule has 0 radical (unpaired) electrons. The molecule has 3 heteroatoms. The molecule has 0 amide bonds. The largest absolute Gasteiger partial charge is 0.467 e. The van der Waals surface area contributed by atoms with Gasteiger partial charge in [-0.15, -0.1) is 0 Å². The van der Waals surface area contributed by atoms with E-state index in [2.05, 4.69) is 18.2 Å². The van der Waals surface area contributed by atoms with Crippen LogP contribution in [0.2, 0.25) is 0 Å². The zero-order valence-electron chi connectivity index (χ0n) is 10.3. The third-order valence-corrected chi connectivity index (χ3v) is 3.89. The van der Waals surface area contributed by atoms with Gasteiger partial charge in [-0.2, -0.15) is 0 Å². The van der Waals surface area contributed by atoms with Gasteiger partial charge < -0.3 is 9.64 Å². The predicted molar refractivity (Wildman–Crippen MR) is 66.3 cm³/mol. The van der Waals surface area contributed by atoms with Crippen molar-refractivity contribution >= 4 is 11.7 Å². The Morgan fingerprint density at radius 2 is 2.18 bits per heavy atom. The van der Waals surface area contributed by atoms with Crippen LogP contribution in [-0.4, -0.2) is 26.2 Å². The number of nitrogens with zero attached hydrogens (tertiary/aromatic N) is 1. The quantitative estimate of drug-likeness (QED) is 0.730. The number of hydrogen-bond donors (Lipinski definition) is 0. The molecule has 1 aromatic carbocycles.